The molecule has 5 rings (SSSR count). The van der Waals surface area contributed by atoms with Crippen LogP contribution < -0.4 is 11.1 Å². The molecule has 0 aliphatic heterocycles. The first-order valence-corrected chi connectivity index (χ1v) is 11.9. The van der Waals surface area contributed by atoms with E-state index >= 15 is 0 Å². The summed E-state index contributed by atoms with van der Waals surface area (Å²) in [6.45, 7) is 4.08. The highest BCUT2D eigenvalue weighted by Crippen LogP contribution is 2.30. The summed E-state index contributed by atoms with van der Waals surface area (Å²) in [6.07, 6.45) is 3.49. The molecule has 0 aliphatic carbocycles. The largest absolute Gasteiger partial charge is 0.368 e. The molecule has 35 heavy (non-hydrogen) atoms. The molecule has 0 fully saturated rings. The Labute approximate surface area is 206 Å². The van der Waals surface area contributed by atoms with Crippen LogP contribution in [0.2, 0.25) is 0 Å². The summed E-state index contributed by atoms with van der Waals surface area (Å²) in [6, 6.07) is 19.9. The number of nitrogens with two attached hydrogens (primary N) is 1. The lowest BCUT2D eigenvalue weighted by Gasteiger charge is -2.13. The Morgan fingerprint density at radius 3 is 2.37 bits per heavy atom. The van der Waals surface area contributed by atoms with E-state index in [9.17, 15) is 0 Å². The first-order valence-electron chi connectivity index (χ1n) is 11.0. The molecule has 3 N–H and O–H groups in total. The summed E-state index contributed by atoms with van der Waals surface area (Å²) in [4.78, 5) is 17.3. The normalized spacial score (nSPS) is 10.9. The van der Waals surface area contributed by atoms with Crippen molar-refractivity contribution in [3.63, 3.8) is 0 Å². The van der Waals surface area contributed by atoms with Gasteiger partial charge in [-0.25, -0.2) is 0 Å². The summed E-state index contributed by atoms with van der Waals surface area (Å²) in [5.74, 6) is 2.28. The third-order valence-electron chi connectivity index (χ3n) is 5.35. The fraction of sp³-hybridized carbons (Fsp3) is 0.120. The molecule has 2 aromatic carbocycles. The smallest absolute Gasteiger partial charge is 0.232 e. The third kappa shape index (κ3) is 4.97. The molecule has 0 saturated heterocycles. The number of nitrogens with one attached hydrogen (secondary N) is 1. The number of hydrogen-bond acceptors (Lipinski definition) is 9. The van der Waals surface area contributed by atoms with Gasteiger partial charge >= 0.3 is 0 Å². The van der Waals surface area contributed by atoms with Crippen LogP contribution in [0, 0.1) is 13.8 Å². The summed E-state index contributed by atoms with van der Waals surface area (Å²) >= 11 is 1.48. The Morgan fingerprint density at radius 2 is 1.60 bits per heavy atom. The number of benzene rings is 2. The molecule has 0 bridgehead atoms. The summed E-state index contributed by atoms with van der Waals surface area (Å²) in [5, 5.41) is 12.9. The van der Waals surface area contributed by atoms with Crippen LogP contribution in [0.4, 0.5) is 17.6 Å². The second kappa shape index (κ2) is 9.90. The fourth-order valence-electron chi connectivity index (χ4n) is 3.60. The second-order valence-electron chi connectivity index (χ2n) is 7.83. The van der Waals surface area contributed by atoms with Crippen molar-refractivity contribution >= 4 is 29.3 Å². The number of nitrogens with zero attached hydrogens (tertiary/aromatic N) is 7. The van der Waals surface area contributed by atoms with Gasteiger partial charge in [-0.2, -0.15) is 15.0 Å². The van der Waals surface area contributed by atoms with Crippen molar-refractivity contribution in [2.75, 3.05) is 11.1 Å². The summed E-state index contributed by atoms with van der Waals surface area (Å²) < 4.78 is 2.05. The van der Waals surface area contributed by atoms with Crippen molar-refractivity contribution in [2.45, 2.75) is 24.8 Å². The lowest BCUT2D eigenvalue weighted by atomic mass is 10.2. The predicted octanol–water partition coefficient (Wildman–Crippen LogP) is 4.75. The number of thioether (sulfide) groups is 1. The molecule has 0 atom stereocenters. The molecule has 0 saturated carbocycles. The van der Waals surface area contributed by atoms with Crippen LogP contribution in [0.15, 0.2) is 78.2 Å². The zero-order chi connectivity index (χ0) is 24.2. The maximum atomic E-state index is 5.99. The Kier molecular flexibility index (Phi) is 6.36. The molecular weight excluding hydrogens is 458 g/mol. The predicted molar refractivity (Wildman–Crippen MR) is 138 cm³/mol. The average Bonchev–Trinajstić information content (AvgIpc) is 3.28. The van der Waals surface area contributed by atoms with Gasteiger partial charge in [-0.1, -0.05) is 48.2 Å². The van der Waals surface area contributed by atoms with Crippen molar-refractivity contribution in [2.24, 2.45) is 0 Å². The lowest BCUT2D eigenvalue weighted by Crippen LogP contribution is -2.07. The monoisotopic (exact) mass is 481 g/mol. The molecule has 3 heterocycles. The Morgan fingerprint density at radius 1 is 0.857 bits per heavy atom. The minimum Gasteiger partial charge on any atom is -0.368 e. The average molecular weight is 482 g/mol. The number of nitrogen functional groups attached to an aromatic ring is 1. The van der Waals surface area contributed by atoms with Gasteiger partial charge in [0.15, 0.2) is 11.0 Å². The van der Waals surface area contributed by atoms with Crippen LogP contribution in [-0.4, -0.2) is 34.7 Å². The van der Waals surface area contributed by atoms with E-state index in [4.69, 9.17) is 5.73 Å². The second-order valence-corrected chi connectivity index (χ2v) is 8.77. The Bertz CT molecular complexity index is 1470. The minimum absolute atomic E-state index is 0.157. The molecule has 0 spiro atoms. The van der Waals surface area contributed by atoms with E-state index in [-0.39, 0.29) is 5.95 Å². The highest BCUT2D eigenvalue weighted by Gasteiger charge is 2.18. The van der Waals surface area contributed by atoms with Gasteiger partial charge in [-0.3, -0.25) is 9.55 Å². The van der Waals surface area contributed by atoms with E-state index in [1.54, 1.807) is 12.4 Å². The molecule has 0 amide bonds. The zero-order valence-electron chi connectivity index (χ0n) is 19.3. The van der Waals surface area contributed by atoms with E-state index in [0.717, 1.165) is 39.0 Å². The summed E-state index contributed by atoms with van der Waals surface area (Å²) in [7, 11) is 0. The molecule has 174 valence electrons. The Hall–Kier alpha value is -4.31. The first-order chi connectivity index (χ1) is 17.1. The van der Waals surface area contributed by atoms with Crippen LogP contribution in [0.1, 0.15) is 17.0 Å². The molecule has 0 unspecified atom stereocenters. The van der Waals surface area contributed by atoms with Gasteiger partial charge in [0.25, 0.3) is 0 Å². The molecule has 5 aromatic rings. The quantitative estimate of drug-likeness (QED) is 0.317. The van der Waals surface area contributed by atoms with E-state index in [1.165, 1.54) is 11.8 Å². The van der Waals surface area contributed by atoms with E-state index in [0.29, 0.717) is 17.5 Å². The van der Waals surface area contributed by atoms with E-state index in [2.05, 4.69) is 54.5 Å². The van der Waals surface area contributed by atoms with Gasteiger partial charge in [0, 0.05) is 23.6 Å². The van der Waals surface area contributed by atoms with Gasteiger partial charge in [0.05, 0.1) is 11.4 Å². The number of anilines is 3. The van der Waals surface area contributed by atoms with Crippen LogP contribution >= 0.6 is 11.8 Å². The lowest BCUT2D eigenvalue weighted by molar-refractivity contribution is 0.877. The number of para-hydroxylation sites is 2. The van der Waals surface area contributed by atoms with Crippen molar-refractivity contribution in [1.82, 2.24) is 34.7 Å². The molecule has 0 aliphatic rings. The van der Waals surface area contributed by atoms with Gasteiger partial charge in [-0.15, -0.1) is 10.2 Å². The fourth-order valence-corrected chi connectivity index (χ4v) is 4.40. The van der Waals surface area contributed by atoms with Gasteiger partial charge in [0.1, 0.15) is 5.82 Å². The van der Waals surface area contributed by atoms with Crippen molar-refractivity contribution in [1.29, 1.82) is 0 Å². The molecule has 3 aromatic heterocycles. The van der Waals surface area contributed by atoms with Crippen molar-refractivity contribution in [3.8, 4) is 17.1 Å². The topological polar surface area (TPSA) is 120 Å². The molecule has 0 radical (unpaired) electrons. The van der Waals surface area contributed by atoms with E-state index in [1.807, 2.05) is 60.0 Å². The van der Waals surface area contributed by atoms with Gasteiger partial charge in [-0.05, 0) is 49.2 Å². The van der Waals surface area contributed by atoms with E-state index < -0.39 is 0 Å². The highest BCUT2D eigenvalue weighted by molar-refractivity contribution is 7.98. The van der Waals surface area contributed by atoms with Crippen LogP contribution in [0.3, 0.4) is 0 Å². The zero-order valence-corrected chi connectivity index (χ0v) is 20.1. The van der Waals surface area contributed by atoms with Gasteiger partial charge < -0.3 is 11.1 Å². The number of pyridine rings is 1. The SMILES string of the molecule is Cc1ccccc1Nc1nc(N)nc(CSc2nnc(-c3ccncc3)n2-c2ccccc2C)n1. The Balaban J connectivity index is 1.45. The third-order valence-corrected chi connectivity index (χ3v) is 6.27. The highest BCUT2D eigenvalue weighted by atomic mass is 32.2. The first kappa shape index (κ1) is 22.5. The number of aromatic nitrogens is 7. The standard InChI is InChI=1S/C25H23N9S/c1-16-7-3-5-9-19(16)28-24-30-21(29-23(26)31-24)15-35-25-33-32-22(18-11-13-27-14-12-18)34(25)20-10-6-4-8-17(20)2/h3-14H,15H2,1-2H3,(H3,26,28,29,30,31). The number of hydrogen-bond donors (Lipinski definition) is 2. The number of aryl methyl sites for hydroxylation is 2. The minimum atomic E-state index is 0.157. The molecule has 10 heteroatoms. The maximum Gasteiger partial charge on any atom is 0.232 e. The van der Waals surface area contributed by atoms with Crippen LogP contribution in [0.5, 0.6) is 0 Å². The molecular formula is C25H23N9S. The molecule has 9 nitrogen and oxygen atoms in total. The van der Waals surface area contributed by atoms with Crippen LogP contribution in [0.25, 0.3) is 17.1 Å². The summed E-state index contributed by atoms with van der Waals surface area (Å²) in [5.41, 5.74) is 11.0. The van der Waals surface area contributed by atoms with Crippen molar-refractivity contribution < 1.29 is 0 Å². The number of rotatable bonds is 7. The maximum absolute atomic E-state index is 5.99. The van der Waals surface area contributed by atoms with Crippen molar-refractivity contribution in [3.05, 3.63) is 90.0 Å². The van der Waals surface area contributed by atoms with Crippen LogP contribution in [-0.2, 0) is 5.75 Å². The van der Waals surface area contributed by atoms with Gasteiger partial charge in [0.2, 0.25) is 11.9 Å².